The molecule has 2 aliphatic rings. The highest BCUT2D eigenvalue weighted by molar-refractivity contribution is 7.12. The van der Waals surface area contributed by atoms with Gasteiger partial charge in [-0.05, 0) is 56.0 Å². The second-order valence-electron chi connectivity index (χ2n) is 9.39. The molecule has 7 heteroatoms. The first-order valence-corrected chi connectivity index (χ1v) is 12.1. The summed E-state index contributed by atoms with van der Waals surface area (Å²) in [5.74, 6) is -0.0451. The Hall–Kier alpha value is -2.57. The summed E-state index contributed by atoms with van der Waals surface area (Å²) in [6, 6.07) is 9.30. The second-order valence-corrected chi connectivity index (χ2v) is 11.1. The zero-order valence-corrected chi connectivity index (χ0v) is 21.1. The molecule has 1 aromatic heterocycles. The maximum atomic E-state index is 13.3. The number of hydrogen-bond donors (Lipinski definition) is 1. The molecule has 1 atom stereocenters. The van der Waals surface area contributed by atoms with Gasteiger partial charge >= 0.3 is 5.97 Å². The van der Waals surface area contributed by atoms with E-state index in [2.05, 4.69) is 25.2 Å². The molecule has 0 fully saturated rings. The van der Waals surface area contributed by atoms with Crippen molar-refractivity contribution in [1.29, 1.82) is 0 Å². The van der Waals surface area contributed by atoms with Gasteiger partial charge in [-0.15, -0.1) is 11.3 Å². The molecule has 0 amide bonds. The average molecular weight is 486 g/mol. The molecule has 0 saturated heterocycles. The monoisotopic (exact) mass is 485 g/mol. The predicted octanol–water partition coefficient (Wildman–Crippen LogP) is 6.07. The van der Waals surface area contributed by atoms with Gasteiger partial charge in [-0.1, -0.05) is 25.4 Å². The zero-order valence-electron chi connectivity index (χ0n) is 19.5. The summed E-state index contributed by atoms with van der Waals surface area (Å²) >= 11 is 7.55. The van der Waals surface area contributed by atoms with Crippen molar-refractivity contribution in [2.75, 3.05) is 7.11 Å². The summed E-state index contributed by atoms with van der Waals surface area (Å²) in [5, 5.41) is 4.01. The van der Waals surface area contributed by atoms with Crippen molar-refractivity contribution >= 4 is 34.7 Å². The Morgan fingerprint density at radius 1 is 1.21 bits per heavy atom. The van der Waals surface area contributed by atoms with Crippen LogP contribution in [0.5, 0.6) is 5.75 Å². The molecule has 0 spiro atoms. The minimum absolute atomic E-state index is 0.0812. The lowest BCUT2D eigenvalue weighted by Gasteiger charge is -2.39. The molecule has 1 aliphatic heterocycles. The minimum atomic E-state index is -0.440. The number of dihydropyridines is 1. The van der Waals surface area contributed by atoms with E-state index in [4.69, 9.17) is 21.1 Å². The van der Waals surface area contributed by atoms with Crippen LogP contribution in [0.4, 0.5) is 0 Å². The SMILES string of the molecule is COC(=O)C1=C(C)NC2=C(C(=O)CC(C)(C)C2)C1c1cc(COc2ccc(Cl)cc2)c(C)s1. The first-order valence-electron chi connectivity index (χ1n) is 10.9. The zero-order chi connectivity index (χ0) is 23.9. The number of hydrogen-bond acceptors (Lipinski definition) is 6. The van der Waals surface area contributed by atoms with Crippen LogP contribution in [0, 0.1) is 12.3 Å². The molecule has 0 saturated carbocycles. The Morgan fingerprint density at radius 2 is 1.91 bits per heavy atom. The van der Waals surface area contributed by atoms with E-state index in [0.29, 0.717) is 29.2 Å². The van der Waals surface area contributed by atoms with Crippen molar-refractivity contribution in [3.05, 3.63) is 73.2 Å². The molecule has 1 aliphatic carbocycles. The number of benzene rings is 1. The molecule has 2 heterocycles. The van der Waals surface area contributed by atoms with Crippen molar-refractivity contribution in [1.82, 2.24) is 5.32 Å². The maximum Gasteiger partial charge on any atom is 0.336 e. The lowest BCUT2D eigenvalue weighted by molar-refractivity contribution is -0.136. The summed E-state index contributed by atoms with van der Waals surface area (Å²) in [6.07, 6.45) is 1.21. The number of rotatable bonds is 5. The molecule has 1 unspecified atom stereocenters. The molecular formula is C26H28ClNO4S. The second kappa shape index (κ2) is 8.99. The van der Waals surface area contributed by atoms with E-state index >= 15 is 0 Å². The van der Waals surface area contributed by atoms with Crippen molar-refractivity contribution in [2.45, 2.75) is 53.1 Å². The van der Waals surface area contributed by atoms with E-state index in [9.17, 15) is 9.59 Å². The first kappa shape index (κ1) is 23.6. The van der Waals surface area contributed by atoms with Crippen molar-refractivity contribution in [3.8, 4) is 5.75 Å². The van der Waals surface area contributed by atoms with Gasteiger partial charge in [0.2, 0.25) is 0 Å². The fourth-order valence-corrected chi connectivity index (χ4v) is 5.91. The van der Waals surface area contributed by atoms with E-state index < -0.39 is 11.9 Å². The number of nitrogens with one attached hydrogen (secondary N) is 1. The molecule has 33 heavy (non-hydrogen) atoms. The maximum absolute atomic E-state index is 13.3. The van der Waals surface area contributed by atoms with Crippen LogP contribution in [0.15, 0.2) is 52.9 Å². The third kappa shape index (κ3) is 4.73. The van der Waals surface area contributed by atoms with Crippen LogP contribution in [0.2, 0.25) is 5.02 Å². The third-order valence-electron chi connectivity index (χ3n) is 6.18. The van der Waals surface area contributed by atoms with Gasteiger partial charge in [0.15, 0.2) is 5.78 Å². The highest BCUT2D eigenvalue weighted by Gasteiger charge is 2.43. The number of Topliss-reactive ketones (excluding diaryl/α,β-unsaturated/α-hetero) is 1. The lowest BCUT2D eigenvalue weighted by Crippen LogP contribution is -2.38. The smallest absolute Gasteiger partial charge is 0.336 e. The standard InChI is InChI=1S/C26H28ClNO4S/c1-14-22(25(30)31-5)24(23-19(28-14)11-26(3,4)12-20(23)29)21-10-16(15(2)33-21)13-32-18-8-6-17(27)7-9-18/h6-10,24,28H,11-13H2,1-5H3. The van der Waals surface area contributed by atoms with Crippen LogP contribution in [0.25, 0.3) is 0 Å². The first-order chi connectivity index (χ1) is 15.6. The molecule has 1 N–H and O–H groups in total. The van der Waals surface area contributed by atoms with Crippen LogP contribution in [0.1, 0.15) is 54.8 Å². The van der Waals surface area contributed by atoms with Gasteiger partial charge in [-0.3, -0.25) is 4.79 Å². The minimum Gasteiger partial charge on any atom is -0.489 e. The van der Waals surface area contributed by atoms with E-state index in [0.717, 1.165) is 38.9 Å². The van der Waals surface area contributed by atoms with E-state index in [-0.39, 0.29) is 11.2 Å². The topological polar surface area (TPSA) is 64.6 Å². The van der Waals surface area contributed by atoms with Crippen LogP contribution in [-0.4, -0.2) is 18.9 Å². The summed E-state index contributed by atoms with van der Waals surface area (Å²) in [4.78, 5) is 28.2. The Morgan fingerprint density at radius 3 is 2.58 bits per heavy atom. The summed E-state index contributed by atoms with van der Waals surface area (Å²) < 4.78 is 11.1. The number of carbonyl (C=O) groups is 2. The lowest BCUT2D eigenvalue weighted by atomic mass is 9.70. The van der Waals surface area contributed by atoms with E-state index in [1.807, 2.05) is 26.0 Å². The molecule has 4 rings (SSSR count). The number of ether oxygens (including phenoxy) is 2. The van der Waals surface area contributed by atoms with Crippen LogP contribution in [-0.2, 0) is 20.9 Å². The van der Waals surface area contributed by atoms with Gasteiger partial charge < -0.3 is 14.8 Å². The number of allylic oxidation sites excluding steroid dienone is 3. The number of ketones is 1. The molecule has 0 radical (unpaired) electrons. The fraction of sp³-hybridized carbons (Fsp3) is 0.385. The molecule has 1 aromatic carbocycles. The molecule has 0 bridgehead atoms. The number of thiophene rings is 1. The van der Waals surface area contributed by atoms with Gasteiger partial charge in [0.05, 0.1) is 18.6 Å². The predicted molar refractivity (Wildman–Crippen MR) is 130 cm³/mol. The Balaban J connectivity index is 1.72. The van der Waals surface area contributed by atoms with Crippen LogP contribution in [0.3, 0.4) is 0 Å². The number of aryl methyl sites for hydroxylation is 1. The fourth-order valence-electron chi connectivity index (χ4n) is 4.62. The Kier molecular flexibility index (Phi) is 6.43. The Bertz CT molecular complexity index is 1170. The number of halogens is 1. The Labute approximate surface area is 203 Å². The van der Waals surface area contributed by atoms with Crippen molar-refractivity contribution in [2.24, 2.45) is 5.41 Å². The van der Waals surface area contributed by atoms with Gasteiger partial charge in [0.1, 0.15) is 12.4 Å². The molecular weight excluding hydrogens is 458 g/mol. The quantitative estimate of drug-likeness (QED) is 0.521. The van der Waals surface area contributed by atoms with Crippen LogP contribution >= 0.6 is 22.9 Å². The highest BCUT2D eigenvalue weighted by atomic mass is 35.5. The number of esters is 1. The average Bonchev–Trinajstić information content (AvgIpc) is 3.11. The molecule has 174 valence electrons. The number of carbonyl (C=O) groups excluding carboxylic acids is 2. The van der Waals surface area contributed by atoms with E-state index in [1.165, 1.54) is 7.11 Å². The van der Waals surface area contributed by atoms with Crippen molar-refractivity contribution < 1.29 is 19.1 Å². The number of methoxy groups -OCH3 is 1. The van der Waals surface area contributed by atoms with Crippen molar-refractivity contribution in [3.63, 3.8) is 0 Å². The summed E-state index contributed by atoms with van der Waals surface area (Å²) in [7, 11) is 1.38. The summed E-state index contributed by atoms with van der Waals surface area (Å²) in [6.45, 7) is 8.49. The van der Waals surface area contributed by atoms with Gasteiger partial charge in [-0.2, -0.15) is 0 Å². The largest absolute Gasteiger partial charge is 0.489 e. The normalized spacial score (nSPS) is 19.8. The van der Waals surface area contributed by atoms with Gasteiger partial charge in [-0.25, -0.2) is 4.79 Å². The van der Waals surface area contributed by atoms with Gasteiger partial charge in [0.25, 0.3) is 0 Å². The molecule has 2 aromatic rings. The third-order valence-corrected chi connectivity index (χ3v) is 7.59. The summed E-state index contributed by atoms with van der Waals surface area (Å²) in [5.41, 5.74) is 3.73. The van der Waals surface area contributed by atoms with E-state index in [1.54, 1.807) is 23.5 Å². The van der Waals surface area contributed by atoms with Crippen LogP contribution < -0.4 is 10.1 Å². The highest BCUT2D eigenvalue weighted by Crippen LogP contribution is 2.48. The van der Waals surface area contributed by atoms with Gasteiger partial charge in [0, 0.05) is 43.7 Å². The molecule has 5 nitrogen and oxygen atoms in total.